The van der Waals surface area contributed by atoms with E-state index in [1.54, 1.807) is 0 Å². The monoisotopic (exact) mass is 298 g/mol. The highest BCUT2D eigenvalue weighted by atomic mass is 35.5. The Hall–Kier alpha value is -1.80. The van der Waals surface area contributed by atoms with E-state index < -0.39 is 0 Å². The predicted molar refractivity (Wildman–Crippen MR) is 89.1 cm³/mol. The summed E-state index contributed by atoms with van der Waals surface area (Å²) in [4.78, 5) is 4.79. The Bertz CT molecular complexity index is 815. The van der Waals surface area contributed by atoms with Gasteiger partial charge in [0, 0.05) is 11.8 Å². The third-order valence-corrected chi connectivity index (χ3v) is 4.17. The second kappa shape index (κ2) is 5.19. The van der Waals surface area contributed by atoms with Crippen molar-refractivity contribution in [3.8, 4) is 11.3 Å². The molecule has 21 heavy (non-hydrogen) atoms. The summed E-state index contributed by atoms with van der Waals surface area (Å²) in [5.74, 6) is 0. The number of pyridine rings is 1. The number of imidazole rings is 1. The number of aromatic nitrogens is 2. The van der Waals surface area contributed by atoms with Crippen LogP contribution in [-0.4, -0.2) is 9.38 Å². The SMILES string of the molecule is Cc1ccc2nc(-c3ccc(C)c(C)c3)c(C(C)Cl)n2c1. The van der Waals surface area contributed by atoms with Crippen LogP contribution in [0.5, 0.6) is 0 Å². The Morgan fingerprint density at radius 1 is 1.05 bits per heavy atom. The molecule has 0 fully saturated rings. The molecule has 3 rings (SSSR count). The number of alkyl halides is 1. The average molecular weight is 299 g/mol. The summed E-state index contributed by atoms with van der Waals surface area (Å²) in [6.07, 6.45) is 2.10. The summed E-state index contributed by atoms with van der Waals surface area (Å²) >= 11 is 6.44. The maximum atomic E-state index is 6.44. The van der Waals surface area contributed by atoms with Crippen LogP contribution in [0.4, 0.5) is 0 Å². The van der Waals surface area contributed by atoms with Crippen molar-refractivity contribution in [2.75, 3.05) is 0 Å². The van der Waals surface area contributed by atoms with Gasteiger partial charge in [-0.25, -0.2) is 4.98 Å². The van der Waals surface area contributed by atoms with E-state index >= 15 is 0 Å². The van der Waals surface area contributed by atoms with E-state index in [1.807, 2.05) is 13.0 Å². The molecule has 0 spiro atoms. The predicted octanol–water partition coefficient (Wildman–Crippen LogP) is 5.23. The summed E-state index contributed by atoms with van der Waals surface area (Å²) in [6, 6.07) is 10.6. The van der Waals surface area contributed by atoms with Crippen LogP contribution >= 0.6 is 11.6 Å². The van der Waals surface area contributed by atoms with Gasteiger partial charge in [-0.05, 0) is 56.5 Å². The second-order valence-electron chi connectivity index (χ2n) is 5.70. The lowest BCUT2D eigenvalue weighted by molar-refractivity contribution is 0.959. The van der Waals surface area contributed by atoms with Crippen LogP contribution in [0.2, 0.25) is 0 Å². The van der Waals surface area contributed by atoms with Gasteiger partial charge in [0.15, 0.2) is 0 Å². The first-order chi connectivity index (χ1) is 9.97. The van der Waals surface area contributed by atoms with Crippen LogP contribution in [0.1, 0.15) is 34.7 Å². The Morgan fingerprint density at radius 2 is 1.81 bits per heavy atom. The van der Waals surface area contributed by atoms with Gasteiger partial charge in [0.25, 0.3) is 0 Å². The molecule has 0 amide bonds. The quantitative estimate of drug-likeness (QED) is 0.592. The Labute approximate surface area is 130 Å². The van der Waals surface area contributed by atoms with E-state index in [4.69, 9.17) is 16.6 Å². The smallest absolute Gasteiger partial charge is 0.137 e. The van der Waals surface area contributed by atoms with Crippen LogP contribution in [0.3, 0.4) is 0 Å². The summed E-state index contributed by atoms with van der Waals surface area (Å²) < 4.78 is 2.11. The molecule has 1 atom stereocenters. The fourth-order valence-corrected chi connectivity index (χ4v) is 2.86. The highest BCUT2D eigenvalue weighted by Gasteiger charge is 2.18. The molecule has 0 bridgehead atoms. The minimum Gasteiger partial charge on any atom is -0.302 e. The largest absolute Gasteiger partial charge is 0.302 e. The number of hydrogen-bond acceptors (Lipinski definition) is 1. The molecule has 0 N–H and O–H groups in total. The zero-order valence-corrected chi connectivity index (χ0v) is 13.6. The highest BCUT2D eigenvalue weighted by molar-refractivity contribution is 6.20. The van der Waals surface area contributed by atoms with Crippen molar-refractivity contribution in [3.05, 3.63) is 58.9 Å². The van der Waals surface area contributed by atoms with Crippen LogP contribution in [-0.2, 0) is 0 Å². The van der Waals surface area contributed by atoms with Gasteiger partial charge in [-0.1, -0.05) is 18.2 Å². The summed E-state index contributed by atoms with van der Waals surface area (Å²) in [5, 5.41) is -0.0987. The lowest BCUT2D eigenvalue weighted by atomic mass is 10.0. The zero-order valence-electron chi connectivity index (χ0n) is 12.8. The fourth-order valence-electron chi connectivity index (χ4n) is 2.65. The molecule has 0 radical (unpaired) electrons. The van der Waals surface area contributed by atoms with Gasteiger partial charge in [-0.15, -0.1) is 11.6 Å². The lowest BCUT2D eigenvalue weighted by Gasteiger charge is -2.09. The topological polar surface area (TPSA) is 17.3 Å². The molecule has 0 saturated carbocycles. The van der Waals surface area contributed by atoms with E-state index in [0.29, 0.717) is 0 Å². The number of nitrogens with zero attached hydrogens (tertiary/aromatic N) is 2. The van der Waals surface area contributed by atoms with Gasteiger partial charge < -0.3 is 4.40 Å². The van der Waals surface area contributed by atoms with Gasteiger partial charge in [-0.3, -0.25) is 0 Å². The fraction of sp³-hybridized carbons (Fsp3) is 0.278. The summed E-state index contributed by atoms with van der Waals surface area (Å²) in [5.41, 5.74) is 7.86. The van der Waals surface area contributed by atoms with E-state index in [9.17, 15) is 0 Å². The van der Waals surface area contributed by atoms with Crippen molar-refractivity contribution in [1.29, 1.82) is 0 Å². The van der Waals surface area contributed by atoms with Gasteiger partial charge in [0.2, 0.25) is 0 Å². The van der Waals surface area contributed by atoms with Crippen LogP contribution in [0.15, 0.2) is 36.5 Å². The molecule has 3 heteroatoms. The molecule has 108 valence electrons. The van der Waals surface area contributed by atoms with Crippen molar-refractivity contribution in [1.82, 2.24) is 9.38 Å². The third-order valence-electron chi connectivity index (χ3n) is 3.96. The van der Waals surface area contributed by atoms with Crippen LogP contribution in [0.25, 0.3) is 16.9 Å². The molecule has 1 unspecified atom stereocenters. The first-order valence-electron chi connectivity index (χ1n) is 7.17. The molecule has 2 aromatic heterocycles. The van der Waals surface area contributed by atoms with Crippen molar-refractivity contribution in [3.63, 3.8) is 0 Å². The van der Waals surface area contributed by atoms with Crippen molar-refractivity contribution in [2.24, 2.45) is 0 Å². The van der Waals surface area contributed by atoms with E-state index in [0.717, 1.165) is 22.6 Å². The molecule has 2 heterocycles. The Kier molecular flexibility index (Phi) is 3.50. The maximum Gasteiger partial charge on any atom is 0.137 e. The first kappa shape index (κ1) is 14.2. The van der Waals surface area contributed by atoms with Crippen LogP contribution < -0.4 is 0 Å². The number of halogens is 1. The third kappa shape index (κ3) is 2.44. The van der Waals surface area contributed by atoms with Gasteiger partial charge in [-0.2, -0.15) is 0 Å². The van der Waals surface area contributed by atoms with E-state index in [-0.39, 0.29) is 5.38 Å². The summed E-state index contributed by atoms with van der Waals surface area (Å²) in [7, 11) is 0. The second-order valence-corrected chi connectivity index (χ2v) is 6.35. The number of hydrogen-bond donors (Lipinski definition) is 0. The van der Waals surface area contributed by atoms with Gasteiger partial charge in [0.1, 0.15) is 5.65 Å². The molecule has 0 aliphatic carbocycles. The molecular weight excluding hydrogens is 280 g/mol. The normalized spacial score (nSPS) is 12.8. The van der Waals surface area contributed by atoms with Gasteiger partial charge in [0.05, 0.1) is 16.8 Å². The van der Waals surface area contributed by atoms with E-state index in [1.165, 1.54) is 16.7 Å². The number of aryl methyl sites for hydroxylation is 3. The zero-order chi connectivity index (χ0) is 15.1. The van der Waals surface area contributed by atoms with Crippen molar-refractivity contribution in [2.45, 2.75) is 33.1 Å². The standard InChI is InChI=1S/C18H19ClN2/c1-11-5-8-16-20-17(18(14(4)19)21(16)10-11)15-7-6-12(2)13(3)9-15/h5-10,14H,1-4H3. The molecule has 0 aliphatic heterocycles. The maximum absolute atomic E-state index is 6.44. The van der Waals surface area contributed by atoms with Gasteiger partial charge >= 0.3 is 0 Å². The van der Waals surface area contributed by atoms with Crippen molar-refractivity contribution >= 4 is 17.2 Å². The lowest BCUT2D eigenvalue weighted by Crippen LogP contribution is -1.96. The molecule has 0 aliphatic rings. The van der Waals surface area contributed by atoms with Crippen LogP contribution in [0, 0.1) is 20.8 Å². The number of rotatable bonds is 2. The summed E-state index contributed by atoms with van der Waals surface area (Å²) in [6.45, 7) is 8.33. The Balaban J connectivity index is 2.30. The van der Waals surface area contributed by atoms with Crippen molar-refractivity contribution < 1.29 is 0 Å². The molecule has 3 aromatic rings. The highest BCUT2D eigenvalue weighted by Crippen LogP contribution is 2.33. The number of fused-ring (bicyclic) bond motifs is 1. The Morgan fingerprint density at radius 3 is 2.48 bits per heavy atom. The molecule has 0 saturated heterocycles. The van der Waals surface area contributed by atoms with E-state index in [2.05, 4.69) is 55.6 Å². The molecule has 1 aromatic carbocycles. The molecule has 2 nitrogen and oxygen atoms in total. The number of benzene rings is 1. The molecular formula is C18H19ClN2. The first-order valence-corrected chi connectivity index (χ1v) is 7.61. The average Bonchev–Trinajstić information content (AvgIpc) is 2.80. The minimum atomic E-state index is -0.0987. The minimum absolute atomic E-state index is 0.0987.